The summed E-state index contributed by atoms with van der Waals surface area (Å²) in [6.07, 6.45) is 2.81. The fourth-order valence-electron chi connectivity index (χ4n) is 5.05. The normalized spacial score (nSPS) is 17.2. The molecule has 1 aromatic carbocycles. The first kappa shape index (κ1) is 27.5. The molecule has 2 amide bonds. The van der Waals surface area contributed by atoms with Gasteiger partial charge in [-0.1, -0.05) is 6.07 Å². The topological polar surface area (TPSA) is 108 Å². The molecular weight excluding hydrogens is 527 g/mol. The molecule has 1 fully saturated rings. The van der Waals surface area contributed by atoms with Crippen molar-refractivity contribution in [3.63, 3.8) is 0 Å². The minimum atomic E-state index is -3.55. The number of aryl methyl sites for hydroxylation is 1. The lowest BCUT2D eigenvalue weighted by molar-refractivity contribution is -0.119. The minimum Gasteiger partial charge on any atom is -0.395 e. The number of alkyl halides is 2. The second-order valence-corrected chi connectivity index (χ2v) is 9.86. The summed E-state index contributed by atoms with van der Waals surface area (Å²) in [4.78, 5) is 37.4. The molecule has 0 unspecified atom stereocenters. The van der Waals surface area contributed by atoms with E-state index >= 15 is 0 Å². The zero-order chi connectivity index (χ0) is 28.6. The van der Waals surface area contributed by atoms with Crippen LogP contribution in [0.1, 0.15) is 35.0 Å². The predicted molar refractivity (Wildman–Crippen MR) is 142 cm³/mol. The molecule has 1 saturated heterocycles. The SMILES string of the molecule is Cc1ccc(NC(=O)c2ccnc(C(C)(F)F)c2F)cc1-c1cnc2c(c1)N1CCOC[C@H]1CC(=O)N2CCO. The number of rotatable bonds is 6. The zero-order valence-corrected chi connectivity index (χ0v) is 22.0. The number of carbonyl (C=O) groups is 2. The molecule has 40 heavy (non-hydrogen) atoms. The number of pyridine rings is 2. The van der Waals surface area contributed by atoms with Crippen LogP contribution in [-0.4, -0.2) is 65.8 Å². The van der Waals surface area contributed by atoms with Crippen LogP contribution in [-0.2, 0) is 15.5 Å². The van der Waals surface area contributed by atoms with Gasteiger partial charge in [-0.2, -0.15) is 8.78 Å². The average Bonchev–Trinajstić information content (AvgIpc) is 3.03. The number of nitrogens with zero attached hydrogens (tertiary/aromatic N) is 4. The Labute approximate surface area is 228 Å². The van der Waals surface area contributed by atoms with E-state index in [-0.39, 0.29) is 31.5 Å². The van der Waals surface area contributed by atoms with Gasteiger partial charge >= 0.3 is 0 Å². The summed E-state index contributed by atoms with van der Waals surface area (Å²) in [7, 11) is 0. The monoisotopic (exact) mass is 555 g/mol. The van der Waals surface area contributed by atoms with Crippen LogP contribution in [0.3, 0.4) is 0 Å². The fraction of sp³-hybridized carbons (Fsp3) is 0.357. The van der Waals surface area contributed by atoms with E-state index in [2.05, 4.69) is 20.2 Å². The van der Waals surface area contributed by atoms with Crippen LogP contribution in [0, 0.1) is 12.7 Å². The number of aliphatic hydroxyl groups is 1. The molecule has 1 atom stereocenters. The summed E-state index contributed by atoms with van der Waals surface area (Å²) >= 11 is 0. The number of aliphatic hydroxyl groups excluding tert-OH is 1. The number of amides is 2. The van der Waals surface area contributed by atoms with Crippen LogP contribution in [0.15, 0.2) is 42.7 Å². The summed E-state index contributed by atoms with van der Waals surface area (Å²) in [5.74, 6) is -5.52. The number of hydrogen-bond acceptors (Lipinski definition) is 7. The van der Waals surface area contributed by atoms with Crippen LogP contribution >= 0.6 is 0 Å². The maximum atomic E-state index is 14.7. The van der Waals surface area contributed by atoms with Crippen molar-refractivity contribution >= 4 is 29.0 Å². The van der Waals surface area contributed by atoms with Crippen molar-refractivity contribution in [3.8, 4) is 11.1 Å². The van der Waals surface area contributed by atoms with E-state index in [1.165, 1.54) is 4.90 Å². The number of morpholine rings is 1. The van der Waals surface area contributed by atoms with E-state index in [1.54, 1.807) is 24.4 Å². The van der Waals surface area contributed by atoms with Crippen molar-refractivity contribution < 1.29 is 32.6 Å². The Balaban J connectivity index is 1.50. The molecule has 0 bridgehead atoms. The van der Waals surface area contributed by atoms with E-state index in [1.807, 2.05) is 13.0 Å². The minimum absolute atomic E-state index is 0.109. The second kappa shape index (κ2) is 10.9. The molecule has 5 rings (SSSR count). The molecule has 3 aromatic rings. The van der Waals surface area contributed by atoms with Gasteiger partial charge in [-0.15, -0.1) is 0 Å². The highest BCUT2D eigenvalue weighted by Crippen LogP contribution is 2.38. The lowest BCUT2D eigenvalue weighted by Crippen LogP contribution is -2.46. The van der Waals surface area contributed by atoms with E-state index in [0.29, 0.717) is 43.8 Å². The number of carbonyl (C=O) groups excluding carboxylic acids is 2. The quantitative estimate of drug-likeness (QED) is 0.475. The molecule has 0 spiro atoms. The number of benzene rings is 1. The number of hydrogen-bond donors (Lipinski definition) is 2. The van der Waals surface area contributed by atoms with Gasteiger partial charge in [0.05, 0.1) is 43.7 Å². The Kier molecular flexibility index (Phi) is 7.47. The molecule has 2 aliphatic rings. The number of halogens is 3. The molecule has 4 heterocycles. The molecule has 0 aliphatic carbocycles. The van der Waals surface area contributed by atoms with Gasteiger partial charge in [0.15, 0.2) is 11.6 Å². The Hall–Kier alpha value is -4.03. The van der Waals surface area contributed by atoms with Crippen molar-refractivity contribution in [1.29, 1.82) is 0 Å². The number of nitrogens with one attached hydrogen (secondary N) is 1. The van der Waals surface area contributed by atoms with Gasteiger partial charge in [-0.25, -0.2) is 9.37 Å². The first-order valence-electron chi connectivity index (χ1n) is 12.8. The number of β-amino-alcohol motifs (C(OH)–C–C–N with tert-alkyl or cyclic N) is 1. The summed E-state index contributed by atoms with van der Waals surface area (Å²) in [6.45, 7) is 3.73. The highest BCUT2D eigenvalue weighted by Gasteiger charge is 2.36. The number of aromatic nitrogens is 2. The zero-order valence-electron chi connectivity index (χ0n) is 22.0. The van der Waals surface area contributed by atoms with Gasteiger partial charge < -0.3 is 20.1 Å². The predicted octanol–water partition coefficient (Wildman–Crippen LogP) is 3.89. The molecular formula is C28H28F3N5O4. The van der Waals surface area contributed by atoms with Crippen molar-refractivity contribution in [2.45, 2.75) is 32.2 Å². The summed E-state index contributed by atoms with van der Waals surface area (Å²) in [6, 6.07) is 7.86. The maximum absolute atomic E-state index is 14.7. The van der Waals surface area contributed by atoms with Gasteiger partial charge in [-0.3, -0.25) is 19.5 Å². The molecule has 2 aromatic heterocycles. The maximum Gasteiger partial charge on any atom is 0.289 e. The Morgan fingerprint density at radius 1 is 1.25 bits per heavy atom. The first-order valence-corrected chi connectivity index (χ1v) is 12.8. The summed E-state index contributed by atoms with van der Waals surface area (Å²) < 4.78 is 47.8. The van der Waals surface area contributed by atoms with Crippen LogP contribution in [0.2, 0.25) is 0 Å². The molecule has 0 saturated carbocycles. The molecule has 2 aliphatic heterocycles. The highest BCUT2D eigenvalue weighted by molar-refractivity contribution is 6.05. The third-order valence-electron chi connectivity index (χ3n) is 7.03. The number of fused-ring (bicyclic) bond motifs is 3. The number of ether oxygens (including phenoxy) is 1. The van der Waals surface area contributed by atoms with Crippen LogP contribution in [0.5, 0.6) is 0 Å². The molecule has 0 radical (unpaired) electrons. The van der Waals surface area contributed by atoms with Crippen LogP contribution in [0.25, 0.3) is 11.1 Å². The van der Waals surface area contributed by atoms with E-state index in [0.717, 1.165) is 29.1 Å². The van der Waals surface area contributed by atoms with Gasteiger partial charge in [-0.05, 0) is 42.3 Å². The van der Waals surface area contributed by atoms with Crippen molar-refractivity contribution in [2.75, 3.05) is 48.0 Å². The highest BCUT2D eigenvalue weighted by atomic mass is 19.3. The van der Waals surface area contributed by atoms with E-state index in [4.69, 9.17) is 4.74 Å². The smallest absolute Gasteiger partial charge is 0.289 e. The lowest BCUT2D eigenvalue weighted by atomic mass is 10.00. The van der Waals surface area contributed by atoms with Crippen molar-refractivity contribution in [2.24, 2.45) is 0 Å². The van der Waals surface area contributed by atoms with Crippen LogP contribution < -0.4 is 15.1 Å². The van der Waals surface area contributed by atoms with Gasteiger partial charge in [0.2, 0.25) is 5.91 Å². The van der Waals surface area contributed by atoms with E-state index < -0.39 is 28.9 Å². The number of anilines is 3. The average molecular weight is 556 g/mol. The Morgan fingerprint density at radius 2 is 2.05 bits per heavy atom. The van der Waals surface area contributed by atoms with E-state index in [9.17, 15) is 27.9 Å². The lowest BCUT2D eigenvalue weighted by Gasteiger charge is -2.36. The Bertz CT molecular complexity index is 1460. The van der Waals surface area contributed by atoms with Crippen molar-refractivity contribution in [1.82, 2.24) is 9.97 Å². The molecule has 12 heteroatoms. The van der Waals surface area contributed by atoms with Gasteiger partial charge in [0.1, 0.15) is 5.69 Å². The van der Waals surface area contributed by atoms with Gasteiger partial charge in [0.25, 0.3) is 11.8 Å². The standard InChI is InChI=1S/C28H28F3N5O4/c1-16-3-4-18(34-27(39)20-5-6-32-25(24(20)29)28(2,30)31)12-21(16)17-11-22-26(33-14-17)36(7-9-37)23(38)13-19-15-40-10-8-35(19)22/h3-6,11-12,14,19,37H,7-10,13,15H2,1-2H3,(H,34,39)/t19-/m1/s1. The molecule has 9 nitrogen and oxygen atoms in total. The second-order valence-electron chi connectivity index (χ2n) is 9.86. The van der Waals surface area contributed by atoms with Crippen molar-refractivity contribution in [3.05, 3.63) is 65.4 Å². The third-order valence-corrected chi connectivity index (χ3v) is 7.03. The third kappa shape index (κ3) is 5.24. The van der Waals surface area contributed by atoms with Crippen LogP contribution in [0.4, 0.5) is 30.4 Å². The fourth-order valence-corrected chi connectivity index (χ4v) is 5.05. The molecule has 2 N–H and O–H groups in total. The molecule has 210 valence electrons. The first-order chi connectivity index (χ1) is 19.1. The largest absolute Gasteiger partial charge is 0.395 e. The Morgan fingerprint density at radius 3 is 2.80 bits per heavy atom. The van der Waals surface area contributed by atoms with Gasteiger partial charge in [0, 0.05) is 43.5 Å². The summed E-state index contributed by atoms with van der Waals surface area (Å²) in [5, 5.41) is 12.2. The summed E-state index contributed by atoms with van der Waals surface area (Å²) in [5.41, 5.74) is 1.69.